The summed E-state index contributed by atoms with van der Waals surface area (Å²) in [5.74, 6) is 0. The van der Waals surface area contributed by atoms with E-state index in [1.54, 1.807) is 0 Å². The fraction of sp³-hybridized carbons (Fsp3) is 0.417. The SMILES string of the molecule is CN(C(=O)O)C1CCCN1S(=O)(=O)c1ccc(Cl)c(Cl)c1. The lowest BCUT2D eigenvalue weighted by atomic mass is 10.3. The van der Waals surface area contributed by atoms with E-state index in [1.807, 2.05) is 0 Å². The van der Waals surface area contributed by atoms with Gasteiger partial charge >= 0.3 is 6.09 Å². The van der Waals surface area contributed by atoms with Crippen LogP contribution in [-0.2, 0) is 10.0 Å². The molecule has 0 radical (unpaired) electrons. The summed E-state index contributed by atoms with van der Waals surface area (Å²) in [6.45, 7) is 0.269. The number of hydrogen-bond acceptors (Lipinski definition) is 3. The lowest BCUT2D eigenvalue weighted by molar-refractivity contribution is 0.114. The van der Waals surface area contributed by atoms with Crippen LogP contribution in [0.3, 0.4) is 0 Å². The maximum atomic E-state index is 12.6. The van der Waals surface area contributed by atoms with Gasteiger partial charge in [-0.3, -0.25) is 4.90 Å². The predicted molar refractivity (Wildman–Crippen MR) is 79.2 cm³/mol. The molecule has 0 aromatic heterocycles. The number of nitrogens with zero attached hydrogens (tertiary/aromatic N) is 2. The fourth-order valence-corrected chi connectivity index (χ4v) is 4.37. The first-order valence-corrected chi connectivity index (χ1v) is 8.37. The van der Waals surface area contributed by atoms with Crippen molar-refractivity contribution in [1.29, 1.82) is 0 Å². The van der Waals surface area contributed by atoms with Crippen molar-refractivity contribution in [3.8, 4) is 0 Å². The summed E-state index contributed by atoms with van der Waals surface area (Å²) >= 11 is 11.6. The molecule has 9 heteroatoms. The highest BCUT2D eigenvalue weighted by atomic mass is 35.5. The van der Waals surface area contributed by atoms with Crippen LogP contribution in [0.25, 0.3) is 0 Å². The molecule has 21 heavy (non-hydrogen) atoms. The lowest BCUT2D eigenvalue weighted by Crippen LogP contribution is -2.47. The first-order valence-electron chi connectivity index (χ1n) is 6.18. The molecule has 1 atom stereocenters. The minimum atomic E-state index is -3.82. The van der Waals surface area contributed by atoms with E-state index >= 15 is 0 Å². The summed E-state index contributed by atoms with van der Waals surface area (Å²) in [4.78, 5) is 12.1. The second-order valence-corrected chi connectivity index (χ2v) is 7.41. The van der Waals surface area contributed by atoms with Gasteiger partial charge in [0, 0.05) is 13.6 Å². The monoisotopic (exact) mass is 352 g/mol. The summed E-state index contributed by atoms with van der Waals surface area (Å²) in [5, 5.41) is 9.44. The van der Waals surface area contributed by atoms with Gasteiger partial charge in [-0.25, -0.2) is 13.2 Å². The maximum absolute atomic E-state index is 12.6. The standard InChI is InChI=1S/C12H14Cl2N2O4S/c1-15(12(17)18)11-3-2-6-16(11)21(19,20)8-4-5-9(13)10(14)7-8/h4-5,7,11H,2-3,6H2,1H3,(H,17,18). The third-order valence-corrected chi connectivity index (χ3v) is 6.05. The van der Waals surface area contributed by atoms with E-state index in [9.17, 15) is 13.2 Å². The molecule has 1 aliphatic heterocycles. The molecule has 0 aliphatic carbocycles. The molecule has 1 fully saturated rings. The number of sulfonamides is 1. The molecule has 0 bridgehead atoms. The van der Waals surface area contributed by atoms with Crippen molar-refractivity contribution in [1.82, 2.24) is 9.21 Å². The topological polar surface area (TPSA) is 77.9 Å². The zero-order valence-corrected chi connectivity index (χ0v) is 13.5. The van der Waals surface area contributed by atoms with E-state index in [4.69, 9.17) is 28.3 Å². The van der Waals surface area contributed by atoms with E-state index in [-0.39, 0.29) is 21.5 Å². The number of carboxylic acid groups (broad SMARTS) is 1. The zero-order chi connectivity index (χ0) is 15.8. The third kappa shape index (κ3) is 3.11. The molecule has 1 aliphatic rings. The van der Waals surface area contributed by atoms with Gasteiger partial charge < -0.3 is 5.11 Å². The van der Waals surface area contributed by atoms with Crippen molar-refractivity contribution in [3.63, 3.8) is 0 Å². The normalized spacial score (nSPS) is 19.7. The van der Waals surface area contributed by atoms with Crippen LogP contribution in [0.1, 0.15) is 12.8 Å². The Hall–Kier alpha value is -1.02. The van der Waals surface area contributed by atoms with Crippen LogP contribution in [0.15, 0.2) is 23.1 Å². The van der Waals surface area contributed by atoms with Gasteiger partial charge in [-0.2, -0.15) is 4.31 Å². The number of hydrogen-bond donors (Lipinski definition) is 1. The fourth-order valence-electron chi connectivity index (χ4n) is 2.29. The zero-order valence-electron chi connectivity index (χ0n) is 11.2. The van der Waals surface area contributed by atoms with Gasteiger partial charge in [-0.05, 0) is 31.0 Å². The van der Waals surface area contributed by atoms with Gasteiger partial charge in [-0.15, -0.1) is 0 Å². The molecule has 1 amide bonds. The molecule has 1 aromatic rings. The van der Waals surface area contributed by atoms with Crippen LogP contribution in [-0.4, -0.2) is 48.6 Å². The van der Waals surface area contributed by atoms with Gasteiger partial charge in [0.2, 0.25) is 10.0 Å². The van der Waals surface area contributed by atoms with Crippen LogP contribution >= 0.6 is 23.2 Å². The Morgan fingerprint density at radius 3 is 2.62 bits per heavy atom. The minimum Gasteiger partial charge on any atom is -0.465 e. The average Bonchev–Trinajstić information content (AvgIpc) is 2.90. The van der Waals surface area contributed by atoms with Gasteiger partial charge in [0.25, 0.3) is 0 Å². The van der Waals surface area contributed by atoms with E-state index < -0.39 is 22.3 Å². The molecule has 1 aromatic carbocycles. The highest BCUT2D eigenvalue weighted by molar-refractivity contribution is 7.89. The van der Waals surface area contributed by atoms with E-state index in [0.717, 1.165) is 4.90 Å². The van der Waals surface area contributed by atoms with E-state index in [2.05, 4.69) is 0 Å². The van der Waals surface area contributed by atoms with Gasteiger partial charge in [0.05, 0.1) is 14.9 Å². The highest BCUT2D eigenvalue weighted by Crippen LogP contribution is 2.31. The molecular formula is C12H14Cl2N2O4S. The molecule has 1 saturated heterocycles. The summed E-state index contributed by atoms with van der Waals surface area (Å²) in [6, 6.07) is 4.04. The summed E-state index contributed by atoms with van der Waals surface area (Å²) < 4.78 is 26.5. The highest BCUT2D eigenvalue weighted by Gasteiger charge is 2.39. The Morgan fingerprint density at radius 1 is 1.38 bits per heavy atom. The lowest BCUT2D eigenvalue weighted by Gasteiger charge is -2.29. The number of carbonyl (C=O) groups is 1. The third-order valence-electron chi connectivity index (χ3n) is 3.42. The number of benzene rings is 1. The van der Waals surface area contributed by atoms with Crippen LogP contribution in [0.4, 0.5) is 4.79 Å². The Bertz CT molecular complexity index is 665. The summed E-state index contributed by atoms with van der Waals surface area (Å²) in [7, 11) is -2.46. The van der Waals surface area contributed by atoms with Crippen molar-refractivity contribution in [2.45, 2.75) is 23.9 Å². The quantitative estimate of drug-likeness (QED) is 0.906. The molecule has 6 nitrogen and oxygen atoms in total. The number of rotatable bonds is 3. The number of amides is 1. The van der Waals surface area contributed by atoms with Gasteiger partial charge in [-0.1, -0.05) is 23.2 Å². The van der Waals surface area contributed by atoms with Gasteiger partial charge in [0.1, 0.15) is 6.17 Å². The average molecular weight is 353 g/mol. The van der Waals surface area contributed by atoms with Crippen molar-refractivity contribution >= 4 is 39.3 Å². The Morgan fingerprint density at radius 2 is 2.05 bits per heavy atom. The van der Waals surface area contributed by atoms with E-state index in [1.165, 1.54) is 29.6 Å². The second kappa shape index (κ2) is 6.00. The largest absolute Gasteiger partial charge is 0.465 e. The first kappa shape index (κ1) is 16.4. The van der Waals surface area contributed by atoms with Crippen LogP contribution < -0.4 is 0 Å². The second-order valence-electron chi connectivity index (χ2n) is 4.71. The molecule has 1 N–H and O–H groups in total. The Labute approximate surface area is 132 Å². The molecule has 1 heterocycles. The summed E-state index contributed by atoms with van der Waals surface area (Å²) in [6.07, 6.45) is -0.815. The van der Waals surface area contributed by atoms with Crippen molar-refractivity contribution < 1.29 is 18.3 Å². The Kier molecular flexibility index (Phi) is 4.67. The maximum Gasteiger partial charge on any atom is 0.408 e. The predicted octanol–water partition coefficient (Wildman–Crippen LogP) is 2.71. The Balaban J connectivity index is 2.38. The molecular weight excluding hydrogens is 339 g/mol. The van der Waals surface area contributed by atoms with Crippen molar-refractivity contribution in [3.05, 3.63) is 28.2 Å². The summed E-state index contributed by atoms with van der Waals surface area (Å²) in [5.41, 5.74) is 0. The van der Waals surface area contributed by atoms with Gasteiger partial charge in [0.15, 0.2) is 0 Å². The molecule has 0 spiro atoms. The van der Waals surface area contributed by atoms with Crippen LogP contribution in [0.2, 0.25) is 10.0 Å². The van der Waals surface area contributed by atoms with Crippen LogP contribution in [0, 0.1) is 0 Å². The van der Waals surface area contributed by atoms with Crippen LogP contribution in [0.5, 0.6) is 0 Å². The molecule has 2 rings (SSSR count). The first-order chi connectivity index (χ1) is 9.75. The minimum absolute atomic E-state index is 0.00240. The van der Waals surface area contributed by atoms with Crippen molar-refractivity contribution in [2.75, 3.05) is 13.6 Å². The molecule has 116 valence electrons. The molecule has 0 saturated carbocycles. The van der Waals surface area contributed by atoms with E-state index in [0.29, 0.717) is 12.8 Å². The smallest absolute Gasteiger partial charge is 0.408 e. The molecule has 1 unspecified atom stereocenters. The van der Waals surface area contributed by atoms with Crippen molar-refractivity contribution in [2.24, 2.45) is 0 Å². The number of halogens is 2.